The third-order valence-electron chi connectivity index (χ3n) is 1.04. The fourth-order valence-electron chi connectivity index (χ4n) is 0.623. The maximum absolute atomic E-state index is 6.78. The molecule has 0 saturated carbocycles. The van der Waals surface area contributed by atoms with Crippen molar-refractivity contribution in [2.24, 2.45) is 0 Å². The Labute approximate surface area is 54.1 Å². The molecule has 1 aromatic rings. The van der Waals surface area contributed by atoms with E-state index in [1.807, 2.05) is 18.2 Å². The summed E-state index contributed by atoms with van der Waals surface area (Å²) in [7, 11) is 0. The second-order valence-electron chi connectivity index (χ2n) is 1.73. The SMILES string of the molecule is N=CCc1ccccn1. The molecule has 0 saturated heterocycles. The zero-order valence-corrected chi connectivity index (χ0v) is 5.04. The summed E-state index contributed by atoms with van der Waals surface area (Å²) in [6.07, 6.45) is 3.72. The highest BCUT2D eigenvalue weighted by atomic mass is 14.7. The Morgan fingerprint density at radius 1 is 1.56 bits per heavy atom. The number of aromatic nitrogens is 1. The van der Waals surface area contributed by atoms with E-state index in [-0.39, 0.29) is 0 Å². The smallest absolute Gasteiger partial charge is 0.0456 e. The summed E-state index contributed by atoms with van der Waals surface area (Å²) < 4.78 is 0. The normalized spacial score (nSPS) is 8.89. The summed E-state index contributed by atoms with van der Waals surface area (Å²) in [6.45, 7) is 0. The summed E-state index contributed by atoms with van der Waals surface area (Å²) in [5.74, 6) is 0. The van der Waals surface area contributed by atoms with Crippen molar-refractivity contribution in [1.29, 1.82) is 5.41 Å². The van der Waals surface area contributed by atoms with Crippen molar-refractivity contribution in [1.82, 2.24) is 4.98 Å². The van der Waals surface area contributed by atoms with Crippen LogP contribution in [0.1, 0.15) is 5.69 Å². The maximum Gasteiger partial charge on any atom is 0.0456 e. The molecule has 0 aliphatic carbocycles. The van der Waals surface area contributed by atoms with Gasteiger partial charge in [-0.25, -0.2) is 0 Å². The molecule has 2 heteroatoms. The standard InChI is InChI=1S/C7H8N2/c8-5-4-7-3-1-2-6-9-7/h1-3,5-6,8H,4H2. The van der Waals surface area contributed by atoms with Gasteiger partial charge >= 0.3 is 0 Å². The van der Waals surface area contributed by atoms with Crippen molar-refractivity contribution in [2.45, 2.75) is 6.42 Å². The third-order valence-corrected chi connectivity index (χ3v) is 1.04. The lowest BCUT2D eigenvalue weighted by molar-refractivity contribution is 1.15. The molecule has 46 valence electrons. The third kappa shape index (κ3) is 1.64. The second kappa shape index (κ2) is 2.97. The first-order chi connectivity index (χ1) is 4.43. The Balaban J connectivity index is 2.72. The van der Waals surface area contributed by atoms with Gasteiger partial charge in [0.2, 0.25) is 0 Å². The minimum atomic E-state index is 0.640. The van der Waals surface area contributed by atoms with Crippen LogP contribution in [0.25, 0.3) is 0 Å². The average molecular weight is 120 g/mol. The molecule has 1 aromatic heterocycles. The molecule has 0 aromatic carbocycles. The van der Waals surface area contributed by atoms with Gasteiger partial charge in [0.05, 0.1) is 0 Å². The van der Waals surface area contributed by atoms with E-state index in [1.54, 1.807) is 6.20 Å². The fraction of sp³-hybridized carbons (Fsp3) is 0.143. The molecule has 0 bridgehead atoms. The molecule has 0 fully saturated rings. The molecule has 1 heterocycles. The molecule has 1 N–H and O–H groups in total. The highest BCUT2D eigenvalue weighted by Crippen LogP contribution is 1.90. The summed E-state index contributed by atoms with van der Waals surface area (Å²) in [5.41, 5.74) is 0.951. The van der Waals surface area contributed by atoms with Crippen molar-refractivity contribution in [2.75, 3.05) is 0 Å². The maximum atomic E-state index is 6.78. The molecular weight excluding hydrogens is 112 g/mol. The zero-order chi connectivity index (χ0) is 6.53. The number of pyridine rings is 1. The van der Waals surface area contributed by atoms with E-state index in [0.717, 1.165) is 5.69 Å². The van der Waals surface area contributed by atoms with Crippen LogP contribution in [0.3, 0.4) is 0 Å². The largest absolute Gasteiger partial charge is 0.313 e. The Morgan fingerprint density at radius 3 is 3.00 bits per heavy atom. The lowest BCUT2D eigenvalue weighted by Gasteiger charge is -1.89. The van der Waals surface area contributed by atoms with Crippen LogP contribution < -0.4 is 0 Å². The van der Waals surface area contributed by atoms with E-state index >= 15 is 0 Å². The molecule has 2 nitrogen and oxygen atoms in total. The molecule has 0 spiro atoms. The van der Waals surface area contributed by atoms with Crippen LogP contribution in [-0.4, -0.2) is 11.2 Å². The highest BCUT2D eigenvalue weighted by Gasteiger charge is 1.84. The first kappa shape index (κ1) is 5.95. The van der Waals surface area contributed by atoms with Gasteiger partial charge in [0.1, 0.15) is 0 Å². The van der Waals surface area contributed by atoms with Crippen LogP contribution in [0.15, 0.2) is 24.4 Å². The number of nitrogens with one attached hydrogen (secondary N) is 1. The van der Waals surface area contributed by atoms with Gasteiger partial charge in [-0.1, -0.05) is 6.07 Å². The molecule has 9 heavy (non-hydrogen) atoms. The first-order valence-corrected chi connectivity index (χ1v) is 2.82. The molecule has 0 aliphatic rings. The lowest BCUT2D eigenvalue weighted by atomic mass is 10.3. The number of rotatable bonds is 2. The Kier molecular flexibility index (Phi) is 1.96. The van der Waals surface area contributed by atoms with Gasteiger partial charge in [0, 0.05) is 24.5 Å². The van der Waals surface area contributed by atoms with Crippen LogP contribution in [-0.2, 0) is 6.42 Å². The van der Waals surface area contributed by atoms with E-state index < -0.39 is 0 Å². The van der Waals surface area contributed by atoms with Crippen LogP contribution in [0, 0.1) is 5.41 Å². The van der Waals surface area contributed by atoms with Gasteiger partial charge in [-0.2, -0.15) is 0 Å². The molecular formula is C7H8N2. The predicted molar refractivity (Wildman–Crippen MR) is 36.7 cm³/mol. The molecule has 1 rings (SSSR count). The van der Waals surface area contributed by atoms with E-state index in [0.29, 0.717) is 6.42 Å². The molecule has 0 radical (unpaired) electrons. The first-order valence-electron chi connectivity index (χ1n) is 2.82. The van der Waals surface area contributed by atoms with Gasteiger partial charge in [-0.3, -0.25) is 4.98 Å². The predicted octanol–water partition coefficient (Wildman–Crippen LogP) is 1.27. The topological polar surface area (TPSA) is 36.7 Å². The van der Waals surface area contributed by atoms with Crippen molar-refractivity contribution < 1.29 is 0 Å². The van der Waals surface area contributed by atoms with E-state index in [2.05, 4.69) is 4.98 Å². The van der Waals surface area contributed by atoms with Gasteiger partial charge in [-0.15, -0.1) is 0 Å². The van der Waals surface area contributed by atoms with Gasteiger partial charge in [0.15, 0.2) is 0 Å². The Bertz CT molecular complexity index is 181. The second-order valence-corrected chi connectivity index (χ2v) is 1.73. The molecule has 0 amide bonds. The number of hydrogen-bond acceptors (Lipinski definition) is 2. The quantitative estimate of drug-likeness (QED) is 0.586. The van der Waals surface area contributed by atoms with Crippen LogP contribution in [0.5, 0.6) is 0 Å². The molecule has 0 atom stereocenters. The van der Waals surface area contributed by atoms with Gasteiger partial charge in [-0.05, 0) is 12.1 Å². The summed E-state index contributed by atoms with van der Waals surface area (Å²) in [6, 6.07) is 5.70. The summed E-state index contributed by atoms with van der Waals surface area (Å²) in [5, 5.41) is 6.78. The van der Waals surface area contributed by atoms with Crippen molar-refractivity contribution in [3.8, 4) is 0 Å². The van der Waals surface area contributed by atoms with Crippen LogP contribution in [0.2, 0.25) is 0 Å². The fourth-order valence-corrected chi connectivity index (χ4v) is 0.623. The lowest BCUT2D eigenvalue weighted by Crippen LogP contribution is -1.87. The van der Waals surface area contributed by atoms with Crippen LogP contribution >= 0.6 is 0 Å². The van der Waals surface area contributed by atoms with Gasteiger partial charge in [0.25, 0.3) is 0 Å². The monoisotopic (exact) mass is 120 g/mol. The van der Waals surface area contributed by atoms with E-state index in [4.69, 9.17) is 5.41 Å². The average Bonchev–Trinajstić information content (AvgIpc) is 1.91. The molecule has 0 unspecified atom stereocenters. The number of nitrogens with zero attached hydrogens (tertiary/aromatic N) is 1. The minimum absolute atomic E-state index is 0.640. The summed E-state index contributed by atoms with van der Waals surface area (Å²) >= 11 is 0. The molecule has 0 aliphatic heterocycles. The van der Waals surface area contributed by atoms with E-state index in [9.17, 15) is 0 Å². The van der Waals surface area contributed by atoms with E-state index in [1.165, 1.54) is 6.21 Å². The van der Waals surface area contributed by atoms with Crippen molar-refractivity contribution in [3.63, 3.8) is 0 Å². The minimum Gasteiger partial charge on any atom is -0.313 e. The highest BCUT2D eigenvalue weighted by molar-refractivity contribution is 5.56. The van der Waals surface area contributed by atoms with Crippen LogP contribution in [0.4, 0.5) is 0 Å². The summed E-state index contributed by atoms with van der Waals surface area (Å²) in [4.78, 5) is 4.02. The van der Waals surface area contributed by atoms with Gasteiger partial charge < -0.3 is 5.41 Å². The number of hydrogen-bond donors (Lipinski definition) is 1. The van der Waals surface area contributed by atoms with Crippen molar-refractivity contribution >= 4 is 6.21 Å². The van der Waals surface area contributed by atoms with Crippen molar-refractivity contribution in [3.05, 3.63) is 30.1 Å². The Morgan fingerprint density at radius 2 is 2.44 bits per heavy atom. The zero-order valence-electron chi connectivity index (χ0n) is 5.04. The Hall–Kier alpha value is -1.18.